The Hall–Kier alpha value is -5.36. The highest BCUT2D eigenvalue weighted by Gasteiger charge is 2.38. The van der Waals surface area contributed by atoms with Crippen molar-refractivity contribution in [1.29, 1.82) is 0 Å². The van der Waals surface area contributed by atoms with Gasteiger partial charge in [0.15, 0.2) is 5.69 Å². The number of aromatic nitrogens is 2. The zero-order valence-corrected chi connectivity index (χ0v) is 23.6. The number of fused-ring (bicyclic) bond motifs is 1. The molecule has 0 bridgehead atoms. The average Bonchev–Trinajstić information content (AvgIpc) is 3.62. The second kappa shape index (κ2) is 12.0. The van der Waals surface area contributed by atoms with E-state index in [9.17, 15) is 14.4 Å². The van der Waals surface area contributed by atoms with Crippen molar-refractivity contribution < 1.29 is 23.9 Å². The smallest absolute Gasteiger partial charge is 0.273 e. The van der Waals surface area contributed by atoms with Gasteiger partial charge >= 0.3 is 0 Å². The van der Waals surface area contributed by atoms with Gasteiger partial charge in [0.1, 0.15) is 22.4 Å². The van der Waals surface area contributed by atoms with Gasteiger partial charge in [-0.15, -0.1) is 0 Å². The third kappa shape index (κ3) is 5.34. The minimum atomic E-state index is -1.19. The Kier molecular flexibility index (Phi) is 8.07. The van der Waals surface area contributed by atoms with Crippen LogP contribution in [0.25, 0.3) is 10.9 Å². The van der Waals surface area contributed by atoms with Crippen LogP contribution in [-0.2, 0) is 11.3 Å². The largest absolute Gasteiger partial charge is 0.497 e. The lowest BCUT2D eigenvalue weighted by atomic mass is 10.0. The lowest BCUT2D eigenvalue weighted by Gasteiger charge is -2.32. The number of anilines is 2. The van der Waals surface area contributed by atoms with Crippen LogP contribution in [0.1, 0.15) is 37.3 Å². The minimum absolute atomic E-state index is 0.0394. The number of carbonyl (C=O) groups excluding carboxylic acids is 3. The molecular formula is C30H28N6O5S. The van der Waals surface area contributed by atoms with E-state index >= 15 is 0 Å². The predicted octanol–water partition coefficient (Wildman–Crippen LogP) is 4.03. The summed E-state index contributed by atoms with van der Waals surface area (Å²) in [6, 6.07) is 20.4. The van der Waals surface area contributed by atoms with E-state index in [0.717, 1.165) is 28.0 Å². The van der Waals surface area contributed by atoms with Gasteiger partial charge in [0, 0.05) is 29.2 Å². The van der Waals surface area contributed by atoms with Crippen LogP contribution >= 0.6 is 11.5 Å². The first-order valence-electron chi connectivity index (χ1n) is 12.8. The number of ether oxygens (including phenoxy) is 2. The Morgan fingerprint density at radius 1 is 1.00 bits per heavy atom. The quantitative estimate of drug-likeness (QED) is 0.192. The maximum absolute atomic E-state index is 14.4. The molecule has 0 radical (unpaired) electrons. The van der Waals surface area contributed by atoms with E-state index < -0.39 is 23.8 Å². The van der Waals surface area contributed by atoms with Crippen molar-refractivity contribution in [3.8, 4) is 11.5 Å². The standard InChI is InChI=1S/C30H28N6O5S/c1-40-18-13-11-17(12-14-18)15-34-29(38)26(20-16-33-21-8-4-3-7-19(20)21)36(22-9-5-6-10-23(22)41-2)30(39)27-24(31)25(28(32)37)35-42-27/h3-14,16,26,33H,15,31H2,1-2H3,(H2,32,37)(H,34,38)/t26-/m0/s1. The van der Waals surface area contributed by atoms with Crippen molar-refractivity contribution in [2.24, 2.45) is 5.73 Å². The predicted molar refractivity (Wildman–Crippen MR) is 161 cm³/mol. The van der Waals surface area contributed by atoms with Crippen LogP contribution in [0.3, 0.4) is 0 Å². The second-order valence-electron chi connectivity index (χ2n) is 9.24. The molecule has 11 nitrogen and oxygen atoms in total. The molecule has 0 fully saturated rings. The number of hydrogen-bond donors (Lipinski definition) is 4. The number of nitrogen functional groups attached to an aromatic ring is 1. The molecular weight excluding hydrogens is 556 g/mol. The molecule has 3 amide bonds. The van der Waals surface area contributed by atoms with E-state index in [0.29, 0.717) is 22.7 Å². The number of H-pyrrole nitrogens is 1. The third-order valence-electron chi connectivity index (χ3n) is 6.77. The Labute approximate surface area is 245 Å². The molecule has 0 unspecified atom stereocenters. The van der Waals surface area contributed by atoms with Crippen LogP contribution in [0.15, 0.2) is 79.0 Å². The Balaban J connectivity index is 1.66. The Morgan fingerprint density at radius 2 is 1.71 bits per heavy atom. The van der Waals surface area contributed by atoms with Crippen molar-refractivity contribution >= 4 is 51.5 Å². The first-order chi connectivity index (χ1) is 20.3. The molecule has 0 saturated heterocycles. The van der Waals surface area contributed by atoms with Crippen LogP contribution in [0.4, 0.5) is 11.4 Å². The van der Waals surface area contributed by atoms with Gasteiger partial charge in [0.25, 0.3) is 11.8 Å². The first kappa shape index (κ1) is 28.2. The first-order valence-corrected chi connectivity index (χ1v) is 13.6. The van der Waals surface area contributed by atoms with Gasteiger partial charge in [-0.25, -0.2) is 0 Å². The van der Waals surface area contributed by atoms with Crippen molar-refractivity contribution in [1.82, 2.24) is 14.7 Å². The summed E-state index contributed by atoms with van der Waals surface area (Å²) in [4.78, 5) is 45.0. The molecule has 0 spiro atoms. The molecule has 3 aromatic carbocycles. The van der Waals surface area contributed by atoms with E-state index in [-0.39, 0.29) is 22.8 Å². The van der Waals surface area contributed by atoms with E-state index in [2.05, 4.69) is 14.7 Å². The molecule has 2 aromatic heterocycles. The second-order valence-corrected chi connectivity index (χ2v) is 10.0. The molecule has 5 aromatic rings. The number of methoxy groups -OCH3 is 2. The number of nitrogens with one attached hydrogen (secondary N) is 2. The Morgan fingerprint density at radius 3 is 2.40 bits per heavy atom. The zero-order valence-electron chi connectivity index (χ0n) is 22.8. The topological polar surface area (TPSA) is 166 Å². The number of nitrogens with two attached hydrogens (primary N) is 2. The van der Waals surface area contributed by atoms with E-state index in [1.54, 1.807) is 49.7 Å². The summed E-state index contributed by atoms with van der Waals surface area (Å²) in [7, 11) is 3.05. The molecule has 12 heteroatoms. The summed E-state index contributed by atoms with van der Waals surface area (Å²) in [6.07, 6.45) is 1.70. The van der Waals surface area contributed by atoms with Crippen LogP contribution in [0.5, 0.6) is 11.5 Å². The van der Waals surface area contributed by atoms with Crippen molar-refractivity contribution in [2.75, 3.05) is 24.9 Å². The normalized spacial score (nSPS) is 11.6. The number of hydrogen-bond acceptors (Lipinski definition) is 8. The monoisotopic (exact) mass is 584 g/mol. The van der Waals surface area contributed by atoms with Gasteiger partial charge < -0.3 is 31.2 Å². The number of benzene rings is 3. The third-order valence-corrected chi connectivity index (χ3v) is 7.62. The van der Waals surface area contributed by atoms with Crippen molar-refractivity contribution in [2.45, 2.75) is 12.6 Å². The highest BCUT2D eigenvalue weighted by atomic mass is 32.1. The lowest BCUT2D eigenvalue weighted by Crippen LogP contribution is -2.44. The lowest BCUT2D eigenvalue weighted by molar-refractivity contribution is -0.122. The molecule has 2 heterocycles. The minimum Gasteiger partial charge on any atom is -0.497 e. The number of aromatic amines is 1. The summed E-state index contributed by atoms with van der Waals surface area (Å²) < 4.78 is 14.8. The van der Waals surface area contributed by atoms with Crippen LogP contribution in [0, 0.1) is 0 Å². The number of nitrogens with zero attached hydrogens (tertiary/aromatic N) is 2. The summed E-state index contributed by atoms with van der Waals surface area (Å²) in [6.45, 7) is 0.185. The van der Waals surface area contributed by atoms with Gasteiger partial charge in [-0.05, 0) is 47.4 Å². The molecule has 0 aliphatic carbocycles. The molecule has 6 N–H and O–H groups in total. The fourth-order valence-electron chi connectivity index (χ4n) is 4.68. The molecule has 0 saturated carbocycles. The van der Waals surface area contributed by atoms with E-state index in [1.165, 1.54) is 12.0 Å². The molecule has 214 valence electrons. The van der Waals surface area contributed by atoms with Crippen LogP contribution < -0.4 is 31.2 Å². The number of rotatable bonds is 10. The molecule has 42 heavy (non-hydrogen) atoms. The van der Waals surface area contributed by atoms with Crippen LogP contribution in [0.2, 0.25) is 0 Å². The fraction of sp³-hybridized carbons (Fsp3) is 0.133. The Bertz CT molecular complexity index is 1760. The average molecular weight is 585 g/mol. The van der Waals surface area contributed by atoms with Crippen LogP contribution in [-0.4, -0.2) is 41.3 Å². The summed E-state index contributed by atoms with van der Waals surface area (Å²) in [5.74, 6) is -0.953. The number of para-hydroxylation sites is 3. The highest BCUT2D eigenvalue weighted by Crippen LogP contribution is 2.39. The molecule has 5 rings (SSSR count). The van der Waals surface area contributed by atoms with E-state index in [4.69, 9.17) is 20.9 Å². The highest BCUT2D eigenvalue weighted by molar-refractivity contribution is 7.09. The molecule has 1 atom stereocenters. The van der Waals surface area contributed by atoms with E-state index in [1.807, 2.05) is 36.4 Å². The van der Waals surface area contributed by atoms with Crippen molar-refractivity contribution in [3.63, 3.8) is 0 Å². The summed E-state index contributed by atoms with van der Waals surface area (Å²) in [5, 5.41) is 3.72. The molecule has 0 aliphatic heterocycles. The molecule has 0 aliphatic rings. The maximum atomic E-state index is 14.4. The zero-order chi connectivity index (χ0) is 29.8. The van der Waals surface area contributed by atoms with Gasteiger partial charge in [-0.3, -0.25) is 19.3 Å². The number of amides is 3. The summed E-state index contributed by atoms with van der Waals surface area (Å²) >= 11 is 0.734. The van der Waals surface area contributed by atoms with Gasteiger partial charge in [0.2, 0.25) is 5.91 Å². The van der Waals surface area contributed by atoms with Gasteiger partial charge in [0.05, 0.1) is 25.6 Å². The fourth-order valence-corrected chi connectivity index (χ4v) is 5.42. The number of carbonyl (C=O) groups is 3. The van der Waals surface area contributed by atoms with Gasteiger partial charge in [-0.1, -0.05) is 42.5 Å². The van der Waals surface area contributed by atoms with Gasteiger partial charge in [-0.2, -0.15) is 4.37 Å². The number of primary amides is 1. The summed E-state index contributed by atoms with van der Waals surface area (Å²) in [5.41, 5.74) is 13.7. The van der Waals surface area contributed by atoms with Crippen molar-refractivity contribution in [3.05, 3.63) is 101 Å². The SMILES string of the molecule is COc1ccc(CNC(=O)[C@H](c2c[nH]c3ccccc23)N(C(=O)c2snc(C(N)=O)c2N)c2ccccc2OC)cc1. The maximum Gasteiger partial charge on any atom is 0.273 e.